The normalized spacial score (nSPS) is 11.3. The molecule has 0 radical (unpaired) electrons. The Morgan fingerprint density at radius 1 is 0.944 bits per heavy atom. The van der Waals surface area contributed by atoms with Gasteiger partial charge in [0.1, 0.15) is 5.82 Å². The van der Waals surface area contributed by atoms with Crippen LogP contribution in [0.25, 0.3) is 22.4 Å². The van der Waals surface area contributed by atoms with E-state index in [0.29, 0.717) is 5.92 Å². The summed E-state index contributed by atoms with van der Waals surface area (Å²) in [6.07, 6.45) is 0. The molecule has 1 aromatic heterocycles. The zero-order chi connectivity index (χ0) is 12.5. The number of H-pyrrole nitrogens is 1. The van der Waals surface area contributed by atoms with Gasteiger partial charge in [-0.25, -0.2) is 4.98 Å². The minimum atomic E-state index is 0.565. The maximum Gasteiger partial charge on any atom is 0.138 e. The predicted molar refractivity (Wildman–Crippen MR) is 75.6 cm³/mol. The van der Waals surface area contributed by atoms with Gasteiger partial charge in [0.25, 0.3) is 0 Å². The first kappa shape index (κ1) is 11.0. The summed E-state index contributed by atoms with van der Waals surface area (Å²) < 4.78 is 0. The molecule has 0 saturated carbocycles. The Balaban J connectivity index is 2.03. The van der Waals surface area contributed by atoms with E-state index < -0.39 is 0 Å². The lowest BCUT2D eigenvalue weighted by Crippen LogP contribution is -1.87. The Hall–Kier alpha value is -2.09. The van der Waals surface area contributed by atoms with Gasteiger partial charge in [0.05, 0.1) is 11.0 Å². The van der Waals surface area contributed by atoms with Crippen molar-refractivity contribution in [3.05, 3.63) is 54.1 Å². The molecule has 2 aromatic carbocycles. The molecule has 1 heterocycles. The first-order chi connectivity index (χ1) is 8.74. The van der Waals surface area contributed by atoms with E-state index in [-0.39, 0.29) is 0 Å². The molecule has 0 amide bonds. The second kappa shape index (κ2) is 4.30. The fourth-order valence-corrected chi connectivity index (χ4v) is 2.12. The number of nitrogens with one attached hydrogen (secondary N) is 1. The van der Waals surface area contributed by atoms with Crippen LogP contribution in [0.2, 0.25) is 0 Å². The average Bonchev–Trinajstić information content (AvgIpc) is 2.82. The summed E-state index contributed by atoms with van der Waals surface area (Å²) in [5, 5.41) is 0. The van der Waals surface area contributed by atoms with Crippen molar-refractivity contribution in [2.75, 3.05) is 0 Å². The van der Waals surface area contributed by atoms with Crippen molar-refractivity contribution in [3.63, 3.8) is 0 Å². The van der Waals surface area contributed by atoms with Crippen LogP contribution >= 0.6 is 0 Å². The van der Waals surface area contributed by atoms with E-state index in [1.807, 2.05) is 24.3 Å². The monoisotopic (exact) mass is 236 g/mol. The molecule has 3 aromatic rings. The topological polar surface area (TPSA) is 28.7 Å². The highest BCUT2D eigenvalue weighted by Crippen LogP contribution is 2.22. The van der Waals surface area contributed by atoms with E-state index in [1.165, 1.54) is 5.56 Å². The fraction of sp³-hybridized carbons (Fsp3) is 0.188. The van der Waals surface area contributed by atoms with Gasteiger partial charge >= 0.3 is 0 Å². The average molecular weight is 236 g/mol. The van der Waals surface area contributed by atoms with Crippen LogP contribution in [0.4, 0.5) is 0 Å². The van der Waals surface area contributed by atoms with Crippen LogP contribution in [0, 0.1) is 0 Å². The smallest absolute Gasteiger partial charge is 0.138 e. The van der Waals surface area contributed by atoms with E-state index in [0.717, 1.165) is 22.4 Å². The minimum absolute atomic E-state index is 0.565. The highest BCUT2D eigenvalue weighted by Gasteiger charge is 2.05. The largest absolute Gasteiger partial charge is 0.338 e. The maximum atomic E-state index is 4.60. The van der Waals surface area contributed by atoms with Crippen molar-refractivity contribution in [2.45, 2.75) is 19.8 Å². The van der Waals surface area contributed by atoms with E-state index in [2.05, 4.69) is 48.1 Å². The summed E-state index contributed by atoms with van der Waals surface area (Å²) in [4.78, 5) is 7.95. The van der Waals surface area contributed by atoms with Crippen molar-refractivity contribution in [1.82, 2.24) is 9.97 Å². The standard InChI is InChI=1S/C16H16N2/c1-11(2)12-7-9-13(10-8-12)16-17-14-5-3-4-6-15(14)18-16/h3-11H,1-2H3,(H,17,18). The second-order valence-electron chi connectivity index (χ2n) is 4.88. The van der Waals surface area contributed by atoms with Gasteiger partial charge in [-0.15, -0.1) is 0 Å². The SMILES string of the molecule is CC(C)c1ccc(-c2nc3ccccc3[nH]2)cc1. The number of fused-ring (bicyclic) bond motifs is 1. The summed E-state index contributed by atoms with van der Waals surface area (Å²) >= 11 is 0. The van der Waals surface area contributed by atoms with Crippen molar-refractivity contribution in [2.24, 2.45) is 0 Å². The molecule has 0 bridgehead atoms. The van der Waals surface area contributed by atoms with Crippen LogP contribution in [0.15, 0.2) is 48.5 Å². The molecule has 1 N–H and O–H groups in total. The van der Waals surface area contributed by atoms with Crippen molar-refractivity contribution < 1.29 is 0 Å². The summed E-state index contributed by atoms with van der Waals surface area (Å²) in [7, 11) is 0. The van der Waals surface area contributed by atoms with E-state index >= 15 is 0 Å². The molecule has 3 rings (SSSR count). The van der Waals surface area contributed by atoms with E-state index in [9.17, 15) is 0 Å². The van der Waals surface area contributed by atoms with Crippen LogP contribution in [0.5, 0.6) is 0 Å². The molecule has 90 valence electrons. The third-order valence-electron chi connectivity index (χ3n) is 3.24. The number of aromatic amines is 1. The molecule has 0 saturated heterocycles. The Morgan fingerprint density at radius 2 is 1.67 bits per heavy atom. The summed E-state index contributed by atoms with van der Waals surface area (Å²) in [5.41, 5.74) is 4.59. The first-order valence-electron chi connectivity index (χ1n) is 6.29. The Kier molecular flexibility index (Phi) is 2.63. The molecule has 18 heavy (non-hydrogen) atoms. The number of hydrogen-bond donors (Lipinski definition) is 1. The van der Waals surface area contributed by atoms with Gasteiger partial charge in [0.2, 0.25) is 0 Å². The maximum absolute atomic E-state index is 4.60. The summed E-state index contributed by atoms with van der Waals surface area (Å²) in [6, 6.07) is 16.7. The third-order valence-corrected chi connectivity index (χ3v) is 3.24. The van der Waals surface area contributed by atoms with Crippen molar-refractivity contribution >= 4 is 11.0 Å². The fourth-order valence-electron chi connectivity index (χ4n) is 2.12. The Labute approximate surface area is 107 Å². The number of hydrogen-bond acceptors (Lipinski definition) is 1. The molecular formula is C16H16N2. The molecule has 0 unspecified atom stereocenters. The molecule has 0 aliphatic rings. The van der Waals surface area contributed by atoms with Crippen LogP contribution in [-0.4, -0.2) is 9.97 Å². The van der Waals surface area contributed by atoms with Crippen LogP contribution in [0.3, 0.4) is 0 Å². The lowest BCUT2D eigenvalue weighted by molar-refractivity contribution is 0.867. The molecule has 0 fully saturated rings. The predicted octanol–water partition coefficient (Wildman–Crippen LogP) is 4.35. The lowest BCUT2D eigenvalue weighted by atomic mass is 10.0. The number of rotatable bonds is 2. The molecule has 2 nitrogen and oxygen atoms in total. The van der Waals surface area contributed by atoms with Crippen LogP contribution in [0.1, 0.15) is 25.3 Å². The van der Waals surface area contributed by atoms with Crippen molar-refractivity contribution in [3.8, 4) is 11.4 Å². The molecule has 0 aliphatic carbocycles. The van der Waals surface area contributed by atoms with Gasteiger partial charge in [0.15, 0.2) is 0 Å². The van der Waals surface area contributed by atoms with Gasteiger partial charge in [0, 0.05) is 5.56 Å². The molecule has 0 aliphatic heterocycles. The van der Waals surface area contributed by atoms with Gasteiger partial charge in [-0.2, -0.15) is 0 Å². The second-order valence-corrected chi connectivity index (χ2v) is 4.88. The highest BCUT2D eigenvalue weighted by molar-refractivity contribution is 5.79. The van der Waals surface area contributed by atoms with Crippen LogP contribution in [-0.2, 0) is 0 Å². The first-order valence-corrected chi connectivity index (χ1v) is 6.29. The summed E-state index contributed by atoms with van der Waals surface area (Å²) in [5.74, 6) is 1.50. The Bertz CT molecular complexity index is 630. The zero-order valence-corrected chi connectivity index (χ0v) is 10.6. The molecule has 0 atom stereocenters. The van der Waals surface area contributed by atoms with Crippen molar-refractivity contribution in [1.29, 1.82) is 0 Å². The highest BCUT2D eigenvalue weighted by atomic mass is 14.9. The number of imidazole rings is 1. The van der Waals surface area contributed by atoms with Gasteiger partial charge in [-0.05, 0) is 23.6 Å². The Morgan fingerprint density at radius 3 is 2.33 bits per heavy atom. The number of aromatic nitrogens is 2. The van der Waals surface area contributed by atoms with Gasteiger partial charge in [-0.3, -0.25) is 0 Å². The van der Waals surface area contributed by atoms with E-state index in [1.54, 1.807) is 0 Å². The van der Waals surface area contributed by atoms with E-state index in [4.69, 9.17) is 0 Å². The number of nitrogens with zero attached hydrogens (tertiary/aromatic N) is 1. The summed E-state index contributed by atoms with van der Waals surface area (Å²) in [6.45, 7) is 4.41. The molecule has 0 spiro atoms. The minimum Gasteiger partial charge on any atom is -0.338 e. The molecular weight excluding hydrogens is 220 g/mol. The van der Waals surface area contributed by atoms with Crippen LogP contribution < -0.4 is 0 Å². The van der Waals surface area contributed by atoms with Gasteiger partial charge in [-0.1, -0.05) is 50.2 Å². The lowest BCUT2D eigenvalue weighted by Gasteiger charge is -2.05. The number of para-hydroxylation sites is 2. The van der Waals surface area contributed by atoms with Gasteiger partial charge < -0.3 is 4.98 Å². The number of benzene rings is 2. The quantitative estimate of drug-likeness (QED) is 0.704. The zero-order valence-electron chi connectivity index (χ0n) is 10.6. The molecule has 2 heteroatoms. The third kappa shape index (κ3) is 1.90.